The molecule has 0 bridgehead atoms. The lowest BCUT2D eigenvalue weighted by Gasteiger charge is -2.08. The molecule has 144 valence electrons. The van der Waals surface area contributed by atoms with Crippen LogP contribution in [0.15, 0.2) is 94.1 Å². The van der Waals surface area contributed by atoms with E-state index in [1.165, 1.54) is 6.07 Å². The van der Waals surface area contributed by atoms with E-state index in [4.69, 9.17) is 13.9 Å². The van der Waals surface area contributed by atoms with E-state index in [1.807, 2.05) is 60.7 Å². The lowest BCUT2D eigenvalue weighted by atomic mass is 10.1. The SMILES string of the molecule is O=C(COc1ccc2oc(-c3ccccc3)cc(=O)c2c1)OCc1ccccc1. The maximum Gasteiger partial charge on any atom is 0.344 e. The van der Waals surface area contributed by atoms with E-state index in [-0.39, 0.29) is 18.6 Å². The van der Waals surface area contributed by atoms with Crippen molar-refractivity contribution in [1.82, 2.24) is 0 Å². The van der Waals surface area contributed by atoms with Gasteiger partial charge in [-0.3, -0.25) is 4.79 Å². The number of hydrogen-bond donors (Lipinski definition) is 0. The van der Waals surface area contributed by atoms with Crippen molar-refractivity contribution < 1.29 is 18.7 Å². The minimum atomic E-state index is -0.486. The number of rotatable bonds is 6. The fourth-order valence-corrected chi connectivity index (χ4v) is 2.89. The Morgan fingerprint density at radius 1 is 0.862 bits per heavy atom. The minimum absolute atomic E-state index is 0.179. The molecule has 0 radical (unpaired) electrons. The van der Waals surface area contributed by atoms with Crippen molar-refractivity contribution >= 4 is 16.9 Å². The summed E-state index contributed by atoms with van der Waals surface area (Å²) in [5.74, 6) is 0.413. The van der Waals surface area contributed by atoms with Crippen LogP contribution in [0, 0.1) is 0 Å². The number of fused-ring (bicyclic) bond motifs is 1. The average molecular weight is 386 g/mol. The zero-order valence-electron chi connectivity index (χ0n) is 15.5. The highest BCUT2D eigenvalue weighted by Gasteiger charge is 2.10. The van der Waals surface area contributed by atoms with Crippen LogP contribution < -0.4 is 10.2 Å². The fourth-order valence-electron chi connectivity index (χ4n) is 2.89. The number of hydrogen-bond acceptors (Lipinski definition) is 5. The van der Waals surface area contributed by atoms with Crippen LogP contribution in [0.1, 0.15) is 5.56 Å². The number of ether oxygens (including phenoxy) is 2. The van der Waals surface area contributed by atoms with Gasteiger partial charge in [0.15, 0.2) is 12.0 Å². The highest BCUT2D eigenvalue weighted by Crippen LogP contribution is 2.24. The Bertz CT molecular complexity index is 1180. The Balaban J connectivity index is 1.44. The molecule has 29 heavy (non-hydrogen) atoms. The Hall–Kier alpha value is -3.86. The normalized spacial score (nSPS) is 10.6. The van der Waals surface area contributed by atoms with E-state index in [9.17, 15) is 9.59 Å². The maximum atomic E-state index is 12.5. The molecule has 5 heteroatoms. The van der Waals surface area contributed by atoms with E-state index >= 15 is 0 Å². The second kappa shape index (κ2) is 8.44. The molecule has 3 aromatic carbocycles. The Kier molecular flexibility index (Phi) is 5.38. The molecule has 0 fully saturated rings. The molecule has 1 heterocycles. The molecule has 1 aromatic heterocycles. The molecule has 0 spiro atoms. The first kappa shape index (κ1) is 18.5. The van der Waals surface area contributed by atoms with Crippen LogP contribution in [0.2, 0.25) is 0 Å². The number of benzene rings is 3. The molecular weight excluding hydrogens is 368 g/mol. The summed E-state index contributed by atoms with van der Waals surface area (Å²) in [5.41, 5.74) is 2.00. The Morgan fingerprint density at radius 3 is 2.34 bits per heavy atom. The molecule has 0 aliphatic rings. The van der Waals surface area contributed by atoms with Gasteiger partial charge in [0.2, 0.25) is 0 Å². The monoisotopic (exact) mass is 386 g/mol. The first-order chi connectivity index (χ1) is 14.2. The summed E-state index contributed by atoms with van der Waals surface area (Å²) in [7, 11) is 0. The highest BCUT2D eigenvalue weighted by atomic mass is 16.6. The summed E-state index contributed by atoms with van der Waals surface area (Å²) in [5, 5.41) is 0.389. The molecule has 0 unspecified atom stereocenters. The van der Waals surface area contributed by atoms with Crippen molar-refractivity contribution in [2.24, 2.45) is 0 Å². The van der Waals surface area contributed by atoms with Gasteiger partial charge in [0.1, 0.15) is 23.7 Å². The summed E-state index contributed by atoms with van der Waals surface area (Å²) in [4.78, 5) is 24.4. The van der Waals surface area contributed by atoms with Gasteiger partial charge in [-0.05, 0) is 23.8 Å². The molecule has 0 N–H and O–H groups in total. The van der Waals surface area contributed by atoms with Crippen LogP contribution in [0.25, 0.3) is 22.3 Å². The largest absolute Gasteiger partial charge is 0.482 e. The van der Waals surface area contributed by atoms with Gasteiger partial charge in [0, 0.05) is 11.6 Å². The van der Waals surface area contributed by atoms with Crippen LogP contribution in [-0.2, 0) is 16.1 Å². The average Bonchev–Trinajstić information content (AvgIpc) is 2.77. The predicted octanol–water partition coefficient (Wildman–Crippen LogP) is 4.58. The van der Waals surface area contributed by atoms with Crippen molar-refractivity contribution in [1.29, 1.82) is 0 Å². The van der Waals surface area contributed by atoms with Gasteiger partial charge in [0.25, 0.3) is 0 Å². The standard InChI is InChI=1S/C24H18O5/c25-21-14-23(18-9-5-2-6-10-18)29-22-12-11-19(13-20(21)22)27-16-24(26)28-15-17-7-3-1-4-8-17/h1-14H,15-16H2. The van der Waals surface area contributed by atoms with Crippen LogP contribution in [0.4, 0.5) is 0 Å². The summed E-state index contributed by atoms with van der Waals surface area (Å²) >= 11 is 0. The van der Waals surface area contributed by atoms with E-state index in [1.54, 1.807) is 18.2 Å². The van der Waals surface area contributed by atoms with Gasteiger partial charge in [-0.25, -0.2) is 4.79 Å². The summed E-state index contributed by atoms with van der Waals surface area (Å²) < 4.78 is 16.5. The number of carbonyl (C=O) groups excluding carboxylic acids is 1. The van der Waals surface area contributed by atoms with E-state index in [0.717, 1.165) is 11.1 Å². The van der Waals surface area contributed by atoms with E-state index in [2.05, 4.69) is 0 Å². The lowest BCUT2D eigenvalue weighted by Crippen LogP contribution is -2.14. The smallest absolute Gasteiger partial charge is 0.344 e. The zero-order valence-corrected chi connectivity index (χ0v) is 15.5. The molecule has 0 atom stereocenters. The van der Waals surface area contributed by atoms with Gasteiger partial charge < -0.3 is 13.9 Å². The molecule has 0 aliphatic heterocycles. The van der Waals surface area contributed by atoms with Crippen molar-refractivity contribution in [2.45, 2.75) is 6.61 Å². The van der Waals surface area contributed by atoms with Gasteiger partial charge in [-0.2, -0.15) is 0 Å². The van der Waals surface area contributed by atoms with Crippen molar-refractivity contribution in [2.75, 3.05) is 6.61 Å². The van der Waals surface area contributed by atoms with Gasteiger partial charge in [0.05, 0.1) is 5.39 Å². The molecule has 0 amide bonds. The molecule has 0 aliphatic carbocycles. The zero-order chi connectivity index (χ0) is 20.1. The van der Waals surface area contributed by atoms with Crippen molar-refractivity contribution in [3.8, 4) is 17.1 Å². The topological polar surface area (TPSA) is 65.7 Å². The molecule has 4 rings (SSSR count). The second-order valence-corrected chi connectivity index (χ2v) is 6.43. The van der Waals surface area contributed by atoms with Crippen molar-refractivity contribution in [3.63, 3.8) is 0 Å². The lowest BCUT2D eigenvalue weighted by molar-refractivity contribution is -0.147. The Morgan fingerprint density at radius 2 is 1.59 bits per heavy atom. The first-order valence-electron chi connectivity index (χ1n) is 9.15. The third-order valence-corrected chi connectivity index (χ3v) is 4.36. The third-order valence-electron chi connectivity index (χ3n) is 4.36. The molecule has 0 saturated heterocycles. The van der Waals surface area contributed by atoms with E-state index in [0.29, 0.717) is 22.5 Å². The predicted molar refractivity (Wildman–Crippen MR) is 110 cm³/mol. The van der Waals surface area contributed by atoms with E-state index < -0.39 is 5.97 Å². The maximum absolute atomic E-state index is 12.5. The van der Waals surface area contributed by atoms with Crippen molar-refractivity contribution in [3.05, 3.63) is 101 Å². The molecule has 4 aromatic rings. The summed E-state index contributed by atoms with van der Waals surface area (Å²) in [6.07, 6.45) is 0. The van der Waals surface area contributed by atoms with Gasteiger partial charge in [-0.15, -0.1) is 0 Å². The molecular formula is C24H18O5. The van der Waals surface area contributed by atoms with Crippen LogP contribution in [0.5, 0.6) is 5.75 Å². The Labute approximate surface area is 167 Å². The van der Waals surface area contributed by atoms with Gasteiger partial charge in [-0.1, -0.05) is 60.7 Å². The number of carbonyl (C=O) groups is 1. The van der Waals surface area contributed by atoms with Gasteiger partial charge >= 0.3 is 5.97 Å². The van der Waals surface area contributed by atoms with Crippen LogP contribution >= 0.6 is 0 Å². The molecule has 0 saturated carbocycles. The number of esters is 1. The quantitative estimate of drug-likeness (QED) is 0.454. The fraction of sp³-hybridized carbons (Fsp3) is 0.0833. The highest BCUT2D eigenvalue weighted by molar-refractivity contribution is 5.80. The third kappa shape index (κ3) is 4.52. The summed E-state index contributed by atoms with van der Waals surface area (Å²) in [6.45, 7) is -0.0572. The minimum Gasteiger partial charge on any atom is -0.482 e. The second-order valence-electron chi connectivity index (χ2n) is 6.43. The summed E-state index contributed by atoms with van der Waals surface area (Å²) in [6, 6.07) is 25.2. The first-order valence-corrected chi connectivity index (χ1v) is 9.15. The molecule has 5 nitrogen and oxygen atoms in total. The van der Waals surface area contributed by atoms with Crippen LogP contribution in [0.3, 0.4) is 0 Å². The van der Waals surface area contributed by atoms with Crippen LogP contribution in [-0.4, -0.2) is 12.6 Å².